The molecule has 0 aliphatic heterocycles. The van der Waals surface area contributed by atoms with Gasteiger partial charge in [-0.3, -0.25) is 0 Å². The summed E-state index contributed by atoms with van der Waals surface area (Å²) in [6.45, 7) is 0. The molecule has 1 aromatic heterocycles. The highest BCUT2D eigenvalue weighted by molar-refractivity contribution is 6.15. The molecule has 0 N–H and O–H groups in total. The van der Waals surface area contributed by atoms with Crippen molar-refractivity contribution in [3.63, 3.8) is 0 Å². The van der Waals surface area contributed by atoms with E-state index in [0.717, 1.165) is 23.0 Å². The minimum absolute atomic E-state index is 0.295. The van der Waals surface area contributed by atoms with Crippen molar-refractivity contribution in [2.75, 3.05) is 0 Å². The lowest BCUT2D eigenvalue weighted by molar-refractivity contribution is 0.672. The normalized spacial score (nSPS) is 16.4. The van der Waals surface area contributed by atoms with Gasteiger partial charge in [-0.2, -0.15) is 0 Å². The maximum absolute atomic E-state index is 6.36. The molecule has 6 aromatic carbocycles. The van der Waals surface area contributed by atoms with E-state index in [4.69, 9.17) is 4.42 Å². The van der Waals surface area contributed by atoms with Gasteiger partial charge in [0.25, 0.3) is 0 Å². The summed E-state index contributed by atoms with van der Waals surface area (Å²) in [6, 6.07) is 44.2. The van der Waals surface area contributed by atoms with Gasteiger partial charge in [0.05, 0.1) is 0 Å². The van der Waals surface area contributed by atoms with Crippen LogP contribution in [-0.2, 0) is 0 Å². The molecule has 2 aliphatic carbocycles. The van der Waals surface area contributed by atoms with E-state index in [-0.39, 0.29) is 0 Å². The van der Waals surface area contributed by atoms with Crippen LogP contribution in [0.5, 0.6) is 0 Å². The molecule has 1 heteroatoms. The fraction of sp³-hybridized carbons (Fsp3) is 0.0500. The molecule has 0 bridgehead atoms. The first-order valence-electron chi connectivity index (χ1n) is 14.4. The SMILES string of the molecule is C1=CCC2C(=C1)C(c1ccc3ccccc3c1)=c1ccccc1=C2c1ccc2c(ccc3c4ccccc4oc23)c1. The van der Waals surface area contributed by atoms with Crippen LogP contribution in [0.25, 0.3) is 54.6 Å². The van der Waals surface area contributed by atoms with E-state index in [1.54, 1.807) is 0 Å². The van der Waals surface area contributed by atoms with Crippen molar-refractivity contribution in [3.8, 4) is 0 Å². The Morgan fingerprint density at radius 1 is 0.561 bits per heavy atom. The predicted molar refractivity (Wildman–Crippen MR) is 171 cm³/mol. The van der Waals surface area contributed by atoms with Gasteiger partial charge in [0, 0.05) is 22.1 Å². The van der Waals surface area contributed by atoms with Gasteiger partial charge in [-0.05, 0) is 85.1 Å². The number of allylic oxidation sites excluding steroid dienone is 4. The molecule has 0 fully saturated rings. The highest BCUT2D eigenvalue weighted by atomic mass is 16.3. The minimum Gasteiger partial charge on any atom is -0.455 e. The lowest BCUT2D eigenvalue weighted by Gasteiger charge is -2.31. The van der Waals surface area contributed by atoms with E-state index in [2.05, 4.69) is 133 Å². The molecule has 0 radical (unpaired) electrons. The average molecular weight is 523 g/mol. The summed E-state index contributed by atoms with van der Waals surface area (Å²) in [4.78, 5) is 0. The van der Waals surface area contributed by atoms with Crippen molar-refractivity contribution in [1.29, 1.82) is 0 Å². The standard InChI is InChI=1S/C40H26O/c1-2-10-26-23-28(18-17-25(26)9-1)38-32-12-3-5-14-34(32)39(35-15-6-4-13-33(35)38)29-20-21-30-27(24-29)19-22-36-31-11-7-8-16-37(31)41-40(30)36/h1-14,16-24,35H,15H2. The first-order valence-corrected chi connectivity index (χ1v) is 14.4. The van der Waals surface area contributed by atoms with Gasteiger partial charge >= 0.3 is 0 Å². The Morgan fingerprint density at radius 2 is 1.29 bits per heavy atom. The van der Waals surface area contributed by atoms with Crippen molar-refractivity contribution >= 4 is 54.6 Å². The summed E-state index contributed by atoms with van der Waals surface area (Å²) >= 11 is 0. The van der Waals surface area contributed by atoms with Gasteiger partial charge in [0.2, 0.25) is 0 Å². The zero-order valence-corrected chi connectivity index (χ0v) is 22.5. The molecule has 1 atom stereocenters. The predicted octanol–water partition coefficient (Wildman–Crippen LogP) is 8.81. The third kappa shape index (κ3) is 3.36. The molecule has 1 nitrogen and oxygen atoms in total. The first kappa shape index (κ1) is 22.7. The van der Waals surface area contributed by atoms with E-state index in [1.807, 2.05) is 6.07 Å². The number of fused-ring (bicyclic) bond motifs is 8. The Kier molecular flexibility index (Phi) is 4.80. The van der Waals surface area contributed by atoms with Crippen molar-refractivity contribution in [2.45, 2.75) is 6.42 Å². The molecule has 9 rings (SSSR count). The van der Waals surface area contributed by atoms with Crippen molar-refractivity contribution in [3.05, 3.63) is 167 Å². The van der Waals surface area contributed by atoms with Crippen LogP contribution in [0.4, 0.5) is 0 Å². The van der Waals surface area contributed by atoms with Gasteiger partial charge in [0.1, 0.15) is 11.2 Å². The summed E-state index contributed by atoms with van der Waals surface area (Å²) in [6.07, 6.45) is 7.89. The van der Waals surface area contributed by atoms with E-state index in [0.29, 0.717) is 5.92 Å². The van der Waals surface area contributed by atoms with Crippen molar-refractivity contribution < 1.29 is 4.42 Å². The summed E-state index contributed by atoms with van der Waals surface area (Å²) in [5.74, 6) is 0.295. The van der Waals surface area contributed by atoms with Gasteiger partial charge in [-0.15, -0.1) is 0 Å². The zero-order chi connectivity index (χ0) is 26.9. The lowest BCUT2D eigenvalue weighted by atomic mass is 9.72. The molecule has 0 saturated heterocycles. The van der Waals surface area contributed by atoms with E-state index < -0.39 is 0 Å². The Labute approximate surface area is 237 Å². The number of benzene rings is 6. The summed E-state index contributed by atoms with van der Waals surface area (Å²) in [5, 5.41) is 9.91. The summed E-state index contributed by atoms with van der Waals surface area (Å²) < 4.78 is 6.36. The molecular weight excluding hydrogens is 496 g/mol. The van der Waals surface area contributed by atoms with Crippen LogP contribution >= 0.6 is 0 Å². The molecule has 0 amide bonds. The molecule has 1 unspecified atom stereocenters. The highest BCUT2D eigenvalue weighted by Gasteiger charge is 2.29. The Hall–Kier alpha value is -5.14. The Bertz CT molecular complexity index is 2400. The van der Waals surface area contributed by atoms with Crippen molar-refractivity contribution in [2.24, 2.45) is 5.92 Å². The van der Waals surface area contributed by atoms with Crippen LogP contribution in [-0.4, -0.2) is 0 Å². The van der Waals surface area contributed by atoms with Crippen molar-refractivity contribution in [1.82, 2.24) is 0 Å². The lowest BCUT2D eigenvalue weighted by Crippen LogP contribution is -2.37. The second-order valence-electron chi connectivity index (χ2n) is 11.2. The van der Waals surface area contributed by atoms with Crippen LogP contribution in [0.2, 0.25) is 0 Å². The topological polar surface area (TPSA) is 13.1 Å². The minimum atomic E-state index is 0.295. The molecule has 192 valence electrons. The third-order valence-electron chi connectivity index (χ3n) is 8.99. The maximum Gasteiger partial charge on any atom is 0.143 e. The van der Waals surface area contributed by atoms with Crippen LogP contribution in [0.1, 0.15) is 17.5 Å². The van der Waals surface area contributed by atoms with Gasteiger partial charge in [0.15, 0.2) is 0 Å². The third-order valence-corrected chi connectivity index (χ3v) is 8.99. The fourth-order valence-electron chi connectivity index (χ4n) is 7.14. The Morgan fingerprint density at radius 3 is 2.24 bits per heavy atom. The summed E-state index contributed by atoms with van der Waals surface area (Å²) in [7, 11) is 0. The number of furan rings is 1. The summed E-state index contributed by atoms with van der Waals surface area (Å²) in [5.41, 5.74) is 8.65. The number of hydrogen-bond acceptors (Lipinski definition) is 1. The highest BCUT2D eigenvalue weighted by Crippen LogP contribution is 2.42. The Balaban J connectivity index is 1.33. The second kappa shape index (κ2) is 8.68. The largest absolute Gasteiger partial charge is 0.455 e. The van der Waals surface area contributed by atoms with Crippen LogP contribution < -0.4 is 10.4 Å². The van der Waals surface area contributed by atoms with E-state index >= 15 is 0 Å². The monoisotopic (exact) mass is 522 g/mol. The first-order chi connectivity index (χ1) is 20.3. The van der Waals surface area contributed by atoms with Crippen LogP contribution in [0.3, 0.4) is 0 Å². The zero-order valence-electron chi connectivity index (χ0n) is 22.5. The average Bonchev–Trinajstić information content (AvgIpc) is 3.42. The molecule has 0 saturated carbocycles. The maximum atomic E-state index is 6.36. The number of para-hydroxylation sites is 1. The molecule has 1 heterocycles. The van der Waals surface area contributed by atoms with Crippen LogP contribution in [0.15, 0.2) is 150 Å². The molecule has 7 aromatic rings. The number of hydrogen-bond donors (Lipinski definition) is 0. The van der Waals surface area contributed by atoms with Gasteiger partial charge < -0.3 is 4.42 Å². The fourth-order valence-corrected chi connectivity index (χ4v) is 7.14. The second-order valence-corrected chi connectivity index (χ2v) is 11.2. The number of rotatable bonds is 2. The molecular formula is C40H26O. The smallest absolute Gasteiger partial charge is 0.143 e. The van der Waals surface area contributed by atoms with E-state index in [9.17, 15) is 0 Å². The molecule has 41 heavy (non-hydrogen) atoms. The molecule has 2 aliphatic rings. The van der Waals surface area contributed by atoms with Gasteiger partial charge in [-0.25, -0.2) is 0 Å². The quantitative estimate of drug-likeness (QED) is 0.221. The van der Waals surface area contributed by atoms with E-state index in [1.165, 1.54) is 65.2 Å². The molecule has 0 spiro atoms. The van der Waals surface area contributed by atoms with Crippen LogP contribution in [0, 0.1) is 5.92 Å². The van der Waals surface area contributed by atoms with Gasteiger partial charge in [-0.1, -0.05) is 115 Å².